The Hall–Kier alpha value is -0.890. The Labute approximate surface area is 118 Å². The van der Waals surface area contributed by atoms with Crippen LogP contribution in [0.25, 0.3) is 0 Å². The molecule has 0 amide bonds. The van der Waals surface area contributed by atoms with Gasteiger partial charge in [0.1, 0.15) is 0 Å². The van der Waals surface area contributed by atoms with E-state index in [2.05, 4.69) is 39.9 Å². The Kier molecular flexibility index (Phi) is 6.34. The molecule has 2 unspecified atom stereocenters. The molecule has 1 aromatic carbocycles. The highest BCUT2D eigenvalue weighted by molar-refractivity contribution is 9.10. The lowest BCUT2D eigenvalue weighted by Crippen LogP contribution is -2.40. The molecule has 98 valence electrons. The quantitative estimate of drug-likeness (QED) is 0.878. The van der Waals surface area contributed by atoms with Gasteiger partial charge in [-0.05, 0) is 25.1 Å². The van der Waals surface area contributed by atoms with Crippen molar-refractivity contribution in [3.8, 4) is 6.07 Å². The second-order valence-electron chi connectivity index (χ2n) is 4.36. The first-order valence-corrected chi connectivity index (χ1v) is 7.02. The molecule has 1 rings (SSSR count). The van der Waals surface area contributed by atoms with Gasteiger partial charge in [-0.1, -0.05) is 41.1 Å². The van der Waals surface area contributed by atoms with Crippen molar-refractivity contribution >= 4 is 15.9 Å². The van der Waals surface area contributed by atoms with Crippen molar-refractivity contribution in [3.05, 3.63) is 34.3 Å². The van der Waals surface area contributed by atoms with Crippen LogP contribution < -0.4 is 5.73 Å². The second kappa shape index (κ2) is 7.52. The highest BCUT2D eigenvalue weighted by Crippen LogP contribution is 2.29. The van der Waals surface area contributed by atoms with Crippen LogP contribution in [0, 0.1) is 11.3 Å². The number of nitrogens with zero attached hydrogens (tertiary/aromatic N) is 2. The Morgan fingerprint density at radius 1 is 1.44 bits per heavy atom. The van der Waals surface area contributed by atoms with Gasteiger partial charge in [-0.25, -0.2) is 0 Å². The summed E-state index contributed by atoms with van der Waals surface area (Å²) in [6.45, 7) is 5.75. The number of likely N-dealkylation sites (N-methyl/N-ethyl adjacent to an activating group) is 1. The fourth-order valence-corrected chi connectivity index (χ4v) is 2.73. The van der Waals surface area contributed by atoms with Crippen LogP contribution in [0.5, 0.6) is 0 Å². The van der Waals surface area contributed by atoms with Crippen molar-refractivity contribution in [2.75, 3.05) is 13.1 Å². The fourth-order valence-electron chi connectivity index (χ4n) is 2.21. The van der Waals surface area contributed by atoms with Gasteiger partial charge in [0.25, 0.3) is 0 Å². The number of nitrogens with two attached hydrogens (primary N) is 1. The minimum atomic E-state index is 0.0161. The third-order valence-corrected chi connectivity index (χ3v) is 3.75. The van der Waals surface area contributed by atoms with Gasteiger partial charge in [-0.2, -0.15) is 5.26 Å². The van der Waals surface area contributed by atoms with Gasteiger partial charge in [-0.15, -0.1) is 0 Å². The molecule has 0 aliphatic carbocycles. The van der Waals surface area contributed by atoms with E-state index in [1.54, 1.807) is 0 Å². The summed E-state index contributed by atoms with van der Waals surface area (Å²) in [5, 5.41) is 8.74. The van der Waals surface area contributed by atoms with Crippen LogP contribution >= 0.6 is 15.9 Å². The van der Waals surface area contributed by atoms with E-state index in [4.69, 9.17) is 11.0 Å². The van der Waals surface area contributed by atoms with E-state index in [1.165, 1.54) is 5.56 Å². The molecule has 0 bridgehead atoms. The minimum absolute atomic E-state index is 0.0161. The number of nitriles is 1. The van der Waals surface area contributed by atoms with E-state index in [1.807, 2.05) is 25.1 Å². The second-order valence-corrected chi connectivity index (χ2v) is 5.22. The molecule has 0 heterocycles. The summed E-state index contributed by atoms with van der Waals surface area (Å²) in [7, 11) is 0. The lowest BCUT2D eigenvalue weighted by Gasteiger charge is -2.34. The minimum Gasteiger partial charge on any atom is -0.326 e. The first-order chi connectivity index (χ1) is 8.61. The van der Waals surface area contributed by atoms with Gasteiger partial charge in [0.15, 0.2) is 0 Å². The molecule has 0 aliphatic heterocycles. The van der Waals surface area contributed by atoms with Crippen molar-refractivity contribution < 1.29 is 0 Å². The van der Waals surface area contributed by atoms with Gasteiger partial charge in [-0.3, -0.25) is 4.90 Å². The number of hydrogen-bond donors (Lipinski definition) is 1. The molecule has 0 saturated carbocycles. The third kappa shape index (κ3) is 3.81. The number of benzene rings is 1. The summed E-state index contributed by atoms with van der Waals surface area (Å²) >= 11 is 3.58. The van der Waals surface area contributed by atoms with Crippen molar-refractivity contribution in [1.29, 1.82) is 5.26 Å². The third-order valence-electron chi connectivity index (χ3n) is 3.03. The summed E-state index contributed by atoms with van der Waals surface area (Å²) in [5.74, 6) is 0. The van der Waals surface area contributed by atoms with Crippen LogP contribution in [0.15, 0.2) is 28.7 Å². The van der Waals surface area contributed by atoms with E-state index in [0.29, 0.717) is 6.42 Å². The number of rotatable bonds is 6. The Morgan fingerprint density at radius 2 is 2.11 bits per heavy atom. The van der Waals surface area contributed by atoms with Crippen molar-refractivity contribution in [3.63, 3.8) is 0 Å². The normalized spacial score (nSPS) is 14.2. The molecule has 2 N–H and O–H groups in total. The van der Waals surface area contributed by atoms with E-state index >= 15 is 0 Å². The number of hydrogen-bond acceptors (Lipinski definition) is 3. The van der Waals surface area contributed by atoms with Crippen molar-refractivity contribution in [1.82, 2.24) is 4.90 Å². The van der Waals surface area contributed by atoms with Gasteiger partial charge in [0.05, 0.1) is 12.1 Å². The smallest absolute Gasteiger partial charge is 0.0635 e. The molecule has 0 aliphatic rings. The van der Waals surface area contributed by atoms with E-state index in [-0.39, 0.29) is 12.1 Å². The molecule has 2 atom stereocenters. The zero-order valence-electron chi connectivity index (χ0n) is 10.9. The molecular formula is C14H20BrN3. The molecule has 4 heteroatoms. The molecule has 0 spiro atoms. The van der Waals surface area contributed by atoms with Gasteiger partial charge in [0, 0.05) is 23.5 Å². The van der Waals surface area contributed by atoms with E-state index in [9.17, 15) is 0 Å². The van der Waals surface area contributed by atoms with E-state index < -0.39 is 0 Å². The Balaban J connectivity index is 3.02. The van der Waals surface area contributed by atoms with Crippen molar-refractivity contribution in [2.45, 2.75) is 32.4 Å². The average Bonchev–Trinajstić information content (AvgIpc) is 2.35. The number of halogens is 1. The predicted octanol–water partition coefficient (Wildman–Crippen LogP) is 3.07. The summed E-state index contributed by atoms with van der Waals surface area (Å²) in [5.41, 5.74) is 7.33. The fraction of sp³-hybridized carbons (Fsp3) is 0.500. The molecule has 1 aromatic rings. The first kappa shape index (κ1) is 15.2. The van der Waals surface area contributed by atoms with Crippen LogP contribution in [0.2, 0.25) is 0 Å². The maximum Gasteiger partial charge on any atom is 0.0635 e. The van der Waals surface area contributed by atoms with Crippen LogP contribution in [0.3, 0.4) is 0 Å². The SMILES string of the molecule is CCN(CCC#N)C(c1ccccc1Br)C(C)N. The molecule has 0 radical (unpaired) electrons. The summed E-state index contributed by atoms with van der Waals surface area (Å²) in [6, 6.07) is 10.5. The highest BCUT2D eigenvalue weighted by atomic mass is 79.9. The first-order valence-electron chi connectivity index (χ1n) is 6.22. The zero-order valence-corrected chi connectivity index (χ0v) is 12.5. The highest BCUT2D eigenvalue weighted by Gasteiger charge is 2.24. The van der Waals surface area contributed by atoms with Gasteiger partial charge < -0.3 is 5.73 Å². The molecule has 18 heavy (non-hydrogen) atoms. The lowest BCUT2D eigenvalue weighted by atomic mass is 9.99. The Morgan fingerprint density at radius 3 is 2.61 bits per heavy atom. The molecule has 3 nitrogen and oxygen atoms in total. The molecule has 0 saturated heterocycles. The zero-order chi connectivity index (χ0) is 13.5. The monoisotopic (exact) mass is 309 g/mol. The van der Waals surface area contributed by atoms with Crippen LogP contribution in [0.4, 0.5) is 0 Å². The molecular weight excluding hydrogens is 290 g/mol. The summed E-state index contributed by atoms with van der Waals surface area (Å²) in [4.78, 5) is 2.26. The standard InChI is InChI=1S/C14H20BrN3/c1-3-18(10-6-9-16)14(11(2)17)12-7-4-5-8-13(12)15/h4-5,7-8,11,14H,3,6,10,17H2,1-2H3. The maximum absolute atomic E-state index is 8.74. The van der Waals surface area contributed by atoms with Crippen LogP contribution in [-0.4, -0.2) is 24.0 Å². The summed E-state index contributed by atoms with van der Waals surface area (Å²) < 4.78 is 1.07. The van der Waals surface area contributed by atoms with E-state index in [0.717, 1.165) is 17.6 Å². The summed E-state index contributed by atoms with van der Waals surface area (Å²) in [6.07, 6.45) is 0.529. The van der Waals surface area contributed by atoms with Gasteiger partial charge >= 0.3 is 0 Å². The average molecular weight is 310 g/mol. The molecule has 0 aromatic heterocycles. The topological polar surface area (TPSA) is 53.0 Å². The van der Waals surface area contributed by atoms with Crippen LogP contribution in [0.1, 0.15) is 31.9 Å². The lowest BCUT2D eigenvalue weighted by molar-refractivity contribution is 0.189. The van der Waals surface area contributed by atoms with Gasteiger partial charge in [0.2, 0.25) is 0 Å². The predicted molar refractivity (Wildman–Crippen MR) is 78.0 cm³/mol. The molecule has 0 fully saturated rings. The maximum atomic E-state index is 8.74. The van der Waals surface area contributed by atoms with Crippen LogP contribution in [-0.2, 0) is 0 Å². The largest absolute Gasteiger partial charge is 0.326 e. The Bertz CT molecular complexity index is 412. The van der Waals surface area contributed by atoms with Crippen molar-refractivity contribution in [2.24, 2.45) is 5.73 Å².